The summed E-state index contributed by atoms with van der Waals surface area (Å²) in [5.74, 6) is 0.554. The highest BCUT2D eigenvalue weighted by Crippen LogP contribution is 2.35. The van der Waals surface area contributed by atoms with Gasteiger partial charge in [-0.05, 0) is 18.9 Å². The summed E-state index contributed by atoms with van der Waals surface area (Å²) in [4.78, 5) is 23.1. The molecule has 1 aromatic heterocycles. The third-order valence-electron chi connectivity index (χ3n) is 5.03. The molecule has 1 aromatic rings. The first-order valence-corrected chi connectivity index (χ1v) is 8.34. The number of amides is 1. The lowest BCUT2D eigenvalue weighted by Crippen LogP contribution is -2.42. The Balaban J connectivity index is 1.32. The average Bonchev–Trinajstić information content (AvgIpc) is 3.29. The molecule has 4 heterocycles. The molecule has 0 spiro atoms. The summed E-state index contributed by atoms with van der Waals surface area (Å²) in [7, 11) is 0. The second kappa shape index (κ2) is 6.51. The van der Waals surface area contributed by atoms with Crippen molar-refractivity contribution in [2.75, 3.05) is 19.8 Å². The Kier molecular flexibility index (Phi) is 4.24. The molecule has 124 valence electrons. The van der Waals surface area contributed by atoms with Gasteiger partial charge in [-0.15, -0.1) is 0 Å². The van der Waals surface area contributed by atoms with Gasteiger partial charge in [-0.2, -0.15) is 0 Å². The summed E-state index contributed by atoms with van der Waals surface area (Å²) in [5.41, 5.74) is 0. The molecule has 3 saturated heterocycles. The summed E-state index contributed by atoms with van der Waals surface area (Å²) in [5, 5.41) is 2.88. The fourth-order valence-electron chi connectivity index (χ4n) is 3.89. The molecule has 7 nitrogen and oxygen atoms in total. The van der Waals surface area contributed by atoms with Gasteiger partial charge >= 0.3 is 0 Å². The number of carbonyl (C=O) groups is 1. The van der Waals surface area contributed by atoms with Crippen LogP contribution in [0, 0.1) is 0 Å². The van der Waals surface area contributed by atoms with E-state index in [9.17, 15) is 4.79 Å². The molecule has 1 unspecified atom stereocenters. The van der Waals surface area contributed by atoms with E-state index >= 15 is 0 Å². The summed E-state index contributed by atoms with van der Waals surface area (Å²) < 4.78 is 11.5. The van der Waals surface area contributed by atoms with Crippen molar-refractivity contribution in [2.45, 2.75) is 50.1 Å². The first-order valence-electron chi connectivity index (χ1n) is 8.34. The Morgan fingerprint density at radius 1 is 1.35 bits per heavy atom. The summed E-state index contributed by atoms with van der Waals surface area (Å²) in [6, 6.07) is 2.60. The van der Waals surface area contributed by atoms with Crippen molar-refractivity contribution in [3.8, 4) is 0 Å². The second-order valence-corrected chi connectivity index (χ2v) is 6.39. The molecular formula is C16H22N4O3. The van der Waals surface area contributed by atoms with E-state index in [-0.39, 0.29) is 18.1 Å². The van der Waals surface area contributed by atoms with Crippen molar-refractivity contribution in [1.29, 1.82) is 0 Å². The van der Waals surface area contributed by atoms with E-state index in [0.29, 0.717) is 24.5 Å². The van der Waals surface area contributed by atoms with Crippen LogP contribution in [0.2, 0.25) is 0 Å². The lowest BCUT2D eigenvalue weighted by atomic mass is 10.1. The first-order chi connectivity index (χ1) is 11.3. The topological polar surface area (TPSA) is 76.6 Å². The van der Waals surface area contributed by atoms with E-state index in [0.717, 1.165) is 39.0 Å². The van der Waals surface area contributed by atoms with Crippen LogP contribution in [-0.4, -0.2) is 64.8 Å². The molecular weight excluding hydrogens is 296 g/mol. The second-order valence-electron chi connectivity index (χ2n) is 6.39. The van der Waals surface area contributed by atoms with E-state index in [4.69, 9.17) is 9.47 Å². The van der Waals surface area contributed by atoms with Gasteiger partial charge in [0.05, 0.1) is 19.3 Å². The van der Waals surface area contributed by atoms with Crippen LogP contribution in [0.15, 0.2) is 18.5 Å². The molecule has 4 rings (SSSR count). The Hall–Kier alpha value is -1.57. The predicted octanol–water partition coefficient (Wildman–Crippen LogP) is 0.113. The number of ether oxygens (including phenoxy) is 2. The van der Waals surface area contributed by atoms with Gasteiger partial charge in [0.2, 0.25) is 5.91 Å². The lowest BCUT2D eigenvalue weighted by molar-refractivity contribution is -0.132. The van der Waals surface area contributed by atoms with Gasteiger partial charge in [-0.1, -0.05) is 0 Å². The standard InChI is InChI=1S/C16H22N4O3/c21-16(19-9-15-17-4-1-5-18-15)14-8-12-13(23-14)2-6-20(12)11-3-7-22-10-11/h1,4-5,11-14H,2-3,6-10H2,(H,19,21)/t11?,12-,13-,14+/m1/s1. The maximum Gasteiger partial charge on any atom is 0.249 e. The van der Waals surface area contributed by atoms with Crippen LogP contribution in [0.25, 0.3) is 0 Å². The van der Waals surface area contributed by atoms with Gasteiger partial charge in [-0.3, -0.25) is 9.69 Å². The van der Waals surface area contributed by atoms with Crippen LogP contribution >= 0.6 is 0 Å². The molecule has 0 radical (unpaired) electrons. The normalized spacial score (nSPS) is 33.7. The van der Waals surface area contributed by atoms with Crippen LogP contribution < -0.4 is 5.32 Å². The van der Waals surface area contributed by atoms with E-state index in [1.807, 2.05) is 0 Å². The maximum atomic E-state index is 12.3. The number of carbonyl (C=O) groups excluding carboxylic acids is 1. The van der Waals surface area contributed by atoms with Crippen molar-refractivity contribution in [3.05, 3.63) is 24.3 Å². The zero-order chi connectivity index (χ0) is 15.6. The smallest absolute Gasteiger partial charge is 0.249 e. The monoisotopic (exact) mass is 318 g/mol. The Morgan fingerprint density at radius 3 is 3.00 bits per heavy atom. The highest BCUT2D eigenvalue weighted by atomic mass is 16.5. The number of fused-ring (bicyclic) bond motifs is 1. The molecule has 0 aliphatic carbocycles. The molecule has 3 aliphatic heterocycles. The van der Waals surface area contributed by atoms with E-state index < -0.39 is 0 Å². The van der Waals surface area contributed by atoms with Crippen LogP contribution in [0.4, 0.5) is 0 Å². The molecule has 3 aliphatic rings. The number of hydrogen-bond acceptors (Lipinski definition) is 6. The largest absolute Gasteiger partial charge is 0.380 e. The van der Waals surface area contributed by atoms with Gasteiger partial charge < -0.3 is 14.8 Å². The number of hydrogen-bond donors (Lipinski definition) is 1. The predicted molar refractivity (Wildman–Crippen MR) is 81.5 cm³/mol. The molecule has 4 atom stereocenters. The van der Waals surface area contributed by atoms with Gasteiger partial charge in [0, 0.05) is 44.0 Å². The third kappa shape index (κ3) is 3.08. The third-order valence-corrected chi connectivity index (χ3v) is 5.03. The SMILES string of the molecule is O=C(NCc1ncccn1)[C@@H]1C[C@@H]2[C@@H](CCN2C2CCOC2)O1. The molecule has 3 fully saturated rings. The van der Waals surface area contributed by atoms with Crippen molar-refractivity contribution in [3.63, 3.8) is 0 Å². The zero-order valence-electron chi connectivity index (χ0n) is 13.1. The van der Waals surface area contributed by atoms with E-state index in [1.54, 1.807) is 18.5 Å². The maximum absolute atomic E-state index is 12.3. The van der Waals surface area contributed by atoms with E-state index in [2.05, 4.69) is 20.2 Å². The van der Waals surface area contributed by atoms with Gasteiger partial charge in [0.15, 0.2) is 0 Å². The highest BCUT2D eigenvalue weighted by Gasteiger charge is 2.47. The summed E-state index contributed by atoms with van der Waals surface area (Å²) >= 11 is 0. The molecule has 0 aromatic carbocycles. The fourth-order valence-corrected chi connectivity index (χ4v) is 3.89. The van der Waals surface area contributed by atoms with Crippen molar-refractivity contribution in [1.82, 2.24) is 20.2 Å². The molecule has 1 amide bonds. The minimum absolute atomic E-state index is 0.0607. The number of nitrogens with zero attached hydrogens (tertiary/aromatic N) is 3. The fraction of sp³-hybridized carbons (Fsp3) is 0.688. The Labute approximate surface area is 135 Å². The Morgan fingerprint density at radius 2 is 2.22 bits per heavy atom. The van der Waals surface area contributed by atoms with Crippen LogP contribution in [-0.2, 0) is 20.8 Å². The van der Waals surface area contributed by atoms with Crippen molar-refractivity contribution >= 4 is 5.91 Å². The highest BCUT2D eigenvalue weighted by molar-refractivity contribution is 5.81. The van der Waals surface area contributed by atoms with Crippen LogP contribution in [0.5, 0.6) is 0 Å². The van der Waals surface area contributed by atoms with Gasteiger partial charge in [0.25, 0.3) is 0 Å². The minimum Gasteiger partial charge on any atom is -0.380 e. The number of likely N-dealkylation sites (tertiary alicyclic amines) is 1. The van der Waals surface area contributed by atoms with Crippen LogP contribution in [0.3, 0.4) is 0 Å². The first kappa shape index (κ1) is 15.0. The average molecular weight is 318 g/mol. The number of nitrogens with one attached hydrogen (secondary N) is 1. The molecule has 0 saturated carbocycles. The van der Waals surface area contributed by atoms with Crippen LogP contribution in [0.1, 0.15) is 25.1 Å². The number of rotatable bonds is 4. The lowest BCUT2D eigenvalue weighted by Gasteiger charge is -2.28. The summed E-state index contributed by atoms with van der Waals surface area (Å²) in [6.45, 7) is 3.05. The molecule has 1 N–H and O–H groups in total. The Bertz CT molecular complexity index is 550. The minimum atomic E-state index is -0.362. The summed E-state index contributed by atoms with van der Waals surface area (Å²) in [6.07, 6.45) is 6.03. The van der Waals surface area contributed by atoms with Gasteiger partial charge in [0.1, 0.15) is 11.9 Å². The number of aromatic nitrogens is 2. The quantitative estimate of drug-likeness (QED) is 0.849. The zero-order valence-corrected chi connectivity index (χ0v) is 13.1. The molecule has 0 bridgehead atoms. The van der Waals surface area contributed by atoms with E-state index in [1.165, 1.54) is 0 Å². The van der Waals surface area contributed by atoms with Crippen molar-refractivity contribution in [2.24, 2.45) is 0 Å². The van der Waals surface area contributed by atoms with Gasteiger partial charge in [-0.25, -0.2) is 9.97 Å². The molecule has 23 heavy (non-hydrogen) atoms. The van der Waals surface area contributed by atoms with Crippen molar-refractivity contribution < 1.29 is 14.3 Å². The molecule has 7 heteroatoms.